The lowest BCUT2D eigenvalue weighted by atomic mass is 9.07. The summed E-state index contributed by atoms with van der Waals surface area (Å²) >= 11 is 0. The predicted molar refractivity (Wildman–Crippen MR) is 129 cm³/mol. The summed E-state index contributed by atoms with van der Waals surface area (Å²) in [5, 5.41) is 9.94. The van der Waals surface area contributed by atoms with E-state index in [0.29, 0.717) is 29.5 Å². The van der Waals surface area contributed by atoms with Gasteiger partial charge in [-0.05, 0) is 72.4 Å². The number of carboxylic acids is 1. The average molecular weight is 465 g/mol. The predicted octanol–water partition coefficient (Wildman–Crippen LogP) is 4.63. The molecule has 35 heavy (non-hydrogen) atoms. The van der Waals surface area contributed by atoms with Crippen LogP contribution in [0.15, 0.2) is 67.0 Å². The summed E-state index contributed by atoms with van der Waals surface area (Å²) in [6, 6.07) is 17.6. The minimum atomic E-state index is -0.597. The van der Waals surface area contributed by atoms with Crippen molar-refractivity contribution in [1.29, 1.82) is 0 Å². The average Bonchev–Trinajstić information content (AvgIpc) is 3.25. The van der Waals surface area contributed by atoms with Crippen LogP contribution in [0.1, 0.15) is 19.2 Å². The van der Waals surface area contributed by atoms with E-state index in [9.17, 15) is 9.90 Å². The van der Waals surface area contributed by atoms with Crippen LogP contribution in [0.3, 0.4) is 0 Å². The number of carboxylic acid groups (broad SMARTS) is 1. The van der Waals surface area contributed by atoms with Crippen LogP contribution in [0.5, 0.6) is 11.5 Å². The van der Waals surface area contributed by atoms with Crippen molar-refractivity contribution in [3.8, 4) is 22.8 Å². The van der Waals surface area contributed by atoms with Crippen molar-refractivity contribution >= 4 is 17.3 Å². The maximum atomic E-state index is 12.1. The quantitative estimate of drug-likeness (QED) is 0.447. The molecule has 2 heterocycles. The maximum absolute atomic E-state index is 12.1. The monoisotopic (exact) mass is 464 g/mol. The summed E-state index contributed by atoms with van der Waals surface area (Å²) in [5.74, 6) is 4.08. The first-order chi connectivity index (χ1) is 17.0. The molecule has 7 nitrogen and oxygen atoms in total. The fraction of sp³-hybridized carbons (Fsp3) is 0.321. The van der Waals surface area contributed by atoms with E-state index in [1.807, 2.05) is 60.8 Å². The van der Waals surface area contributed by atoms with Gasteiger partial charge in [0.25, 0.3) is 0 Å². The number of fused-ring (bicyclic) bond motifs is 3. The molecule has 2 aromatic heterocycles. The molecule has 4 aliphatic rings. The van der Waals surface area contributed by atoms with Gasteiger partial charge >= 0.3 is 5.97 Å². The van der Waals surface area contributed by atoms with Gasteiger partial charge in [-0.1, -0.05) is 25.1 Å². The Morgan fingerprint density at radius 3 is 2.49 bits per heavy atom. The lowest BCUT2D eigenvalue weighted by Crippen LogP contribution is -2.97. The molecular formula is C28H24N4O3. The topological polar surface area (TPSA) is 103 Å². The lowest BCUT2D eigenvalue weighted by molar-refractivity contribution is -0.460. The number of carbonyl (C=O) groups is 1. The Labute approximate surface area is 201 Å². The van der Waals surface area contributed by atoms with Crippen LogP contribution in [-0.2, 0) is 10.2 Å². The van der Waals surface area contributed by atoms with Gasteiger partial charge in [0.15, 0.2) is 0 Å². The summed E-state index contributed by atoms with van der Waals surface area (Å²) in [6.07, 6.45) is 4.45. The Kier molecular flexibility index (Phi) is 3.35. The first-order valence-electron chi connectivity index (χ1n) is 12.2. The van der Waals surface area contributed by atoms with E-state index >= 15 is 0 Å². The highest BCUT2D eigenvalue weighted by molar-refractivity contribution is 5.87. The Balaban J connectivity index is 1.21. The van der Waals surface area contributed by atoms with Gasteiger partial charge in [-0.3, -0.25) is 9.20 Å². The highest BCUT2D eigenvalue weighted by atomic mass is 16.5. The van der Waals surface area contributed by atoms with Crippen LogP contribution in [0.25, 0.3) is 16.8 Å². The molecule has 0 amide bonds. The second kappa shape index (κ2) is 6.03. The number of hydrogen-bond donors (Lipinski definition) is 2. The number of hydrogen-bond acceptors (Lipinski definition) is 5. The largest absolute Gasteiger partial charge is 0.481 e. The summed E-state index contributed by atoms with van der Waals surface area (Å²) in [7, 11) is 0. The number of ether oxygens (including phenoxy) is 1. The molecule has 4 saturated carbocycles. The number of rotatable bonds is 5. The van der Waals surface area contributed by atoms with Crippen molar-refractivity contribution < 1.29 is 14.6 Å². The van der Waals surface area contributed by atoms with Crippen LogP contribution in [0.2, 0.25) is 0 Å². The number of nitrogens with two attached hydrogens (primary N) is 1. The molecule has 4 aromatic rings. The minimum absolute atomic E-state index is 0.0577. The summed E-state index contributed by atoms with van der Waals surface area (Å²) in [6.45, 7) is 2.22. The Bertz CT molecular complexity index is 1530. The van der Waals surface area contributed by atoms with Gasteiger partial charge in [0, 0.05) is 23.4 Å². The molecule has 8 rings (SSSR count). The number of nitrogens with zero attached hydrogens (tertiary/aromatic N) is 3. The second-order valence-corrected chi connectivity index (χ2v) is 10.7. The first-order valence-corrected chi connectivity index (χ1v) is 12.2. The van der Waals surface area contributed by atoms with Gasteiger partial charge in [-0.15, -0.1) is 0 Å². The van der Waals surface area contributed by atoms with Gasteiger partial charge < -0.3 is 15.6 Å². The van der Waals surface area contributed by atoms with E-state index < -0.39 is 11.4 Å². The third-order valence-corrected chi connectivity index (χ3v) is 9.89. The zero-order valence-electron chi connectivity index (χ0n) is 19.1. The number of aliphatic carboxylic acids is 1. The zero-order chi connectivity index (χ0) is 23.7. The number of imidazole rings is 1. The minimum Gasteiger partial charge on any atom is -0.481 e. The molecular weight excluding hydrogens is 440 g/mol. The molecule has 4 aliphatic carbocycles. The third kappa shape index (κ3) is 1.93. The first kappa shape index (κ1) is 19.4. The van der Waals surface area contributed by atoms with Gasteiger partial charge in [0.2, 0.25) is 0 Å². The van der Waals surface area contributed by atoms with E-state index in [4.69, 9.17) is 15.5 Å². The molecule has 2 aromatic carbocycles. The highest BCUT2D eigenvalue weighted by Crippen LogP contribution is 2.96. The number of anilines is 1. The van der Waals surface area contributed by atoms with Gasteiger partial charge in [0.05, 0.1) is 5.41 Å². The lowest BCUT2D eigenvalue weighted by Gasteiger charge is -2.95. The Hall–Kier alpha value is -3.87. The van der Waals surface area contributed by atoms with Crippen LogP contribution < -0.4 is 10.5 Å². The number of benzene rings is 2. The standard InChI is InChI=1S/C28H24N4O3/c1-14-19-21-20-18(13-27(19,20)26(33)34)28(14,21)25-31-22(23-24(29)30-11-12-32(23)25)15-7-9-17(10-8-15)35-16-5-3-2-4-6-16/h2-12,14,18-21H,13H2,1H3,(H2,29,30)(H,33,34). The van der Waals surface area contributed by atoms with Gasteiger partial charge in [-0.25, -0.2) is 9.97 Å². The second-order valence-electron chi connectivity index (χ2n) is 10.7. The molecule has 7 atom stereocenters. The van der Waals surface area contributed by atoms with Crippen molar-refractivity contribution in [1.82, 2.24) is 14.4 Å². The van der Waals surface area contributed by atoms with Crippen molar-refractivity contribution in [3.63, 3.8) is 0 Å². The van der Waals surface area contributed by atoms with Crippen molar-refractivity contribution in [2.75, 3.05) is 5.73 Å². The number of aromatic nitrogens is 3. The van der Waals surface area contributed by atoms with Crippen LogP contribution >= 0.6 is 0 Å². The normalized spacial score (nSPS) is 35.2. The molecule has 174 valence electrons. The van der Waals surface area contributed by atoms with E-state index in [1.54, 1.807) is 6.20 Å². The smallest absolute Gasteiger partial charge is 0.310 e. The van der Waals surface area contributed by atoms with Crippen molar-refractivity contribution in [2.45, 2.75) is 18.8 Å². The molecule has 7 heteroatoms. The zero-order valence-corrected chi connectivity index (χ0v) is 19.1. The molecule has 0 spiro atoms. The molecule has 7 unspecified atom stereocenters. The molecule has 0 radical (unpaired) electrons. The van der Waals surface area contributed by atoms with E-state index in [1.165, 1.54) is 0 Å². The molecule has 0 aliphatic heterocycles. The van der Waals surface area contributed by atoms with Crippen molar-refractivity contribution in [2.24, 2.45) is 35.0 Å². The van der Waals surface area contributed by atoms with E-state index in [2.05, 4.69) is 16.3 Å². The van der Waals surface area contributed by atoms with Gasteiger partial charge in [-0.2, -0.15) is 0 Å². The third-order valence-electron chi connectivity index (χ3n) is 9.89. The molecule has 0 saturated heterocycles. The summed E-state index contributed by atoms with van der Waals surface area (Å²) in [5.41, 5.74) is 8.45. The Morgan fingerprint density at radius 2 is 1.83 bits per heavy atom. The molecule has 4 fully saturated rings. The summed E-state index contributed by atoms with van der Waals surface area (Å²) in [4.78, 5) is 21.7. The Morgan fingerprint density at radius 1 is 1.09 bits per heavy atom. The number of para-hydroxylation sites is 1. The van der Waals surface area contributed by atoms with Crippen molar-refractivity contribution in [3.05, 3.63) is 72.8 Å². The molecule has 3 N–H and O–H groups in total. The highest BCUT2D eigenvalue weighted by Gasteiger charge is 2.98. The van der Waals surface area contributed by atoms with Gasteiger partial charge in [0.1, 0.15) is 34.4 Å². The summed E-state index contributed by atoms with van der Waals surface area (Å²) < 4.78 is 8.08. The maximum Gasteiger partial charge on any atom is 0.310 e. The van der Waals surface area contributed by atoms with E-state index in [0.717, 1.165) is 40.5 Å². The van der Waals surface area contributed by atoms with E-state index in [-0.39, 0.29) is 11.3 Å². The molecule has 0 bridgehead atoms. The SMILES string of the molecule is CC1C2C3C4C(CC24C(=O)O)C13c1nc(-c2ccc(Oc3ccccc3)cc2)c2c(N)nccn12. The van der Waals surface area contributed by atoms with Crippen LogP contribution in [-0.4, -0.2) is 25.4 Å². The fourth-order valence-electron chi connectivity index (χ4n) is 8.71. The van der Waals surface area contributed by atoms with Crippen LogP contribution in [0.4, 0.5) is 5.82 Å². The van der Waals surface area contributed by atoms with Crippen LogP contribution in [0, 0.1) is 35.0 Å². The number of nitrogen functional groups attached to an aromatic ring is 1. The fourth-order valence-corrected chi connectivity index (χ4v) is 8.71.